The van der Waals surface area contributed by atoms with Crippen LogP contribution in [0, 0.1) is 20.6 Å². The lowest BCUT2D eigenvalue weighted by Crippen LogP contribution is -2.16. The quantitative estimate of drug-likeness (QED) is 0.152. The van der Waals surface area contributed by atoms with Crippen LogP contribution >= 0.6 is 0 Å². The van der Waals surface area contributed by atoms with E-state index in [9.17, 15) is 0 Å². The summed E-state index contributed by atoms with van der Waals surface area (Å²) in [5.41, 5.74) is 10.4. The number of pyridine rings is 1. The fourth-order valence-electron chi connectivity index (χ4n) is 9.79. The van der Waals surface area contributed by atoms with Gasteiger partial charge < -0.3 is 4.74 Å². The van der Waals surface area contributed by atoms with Gasteiger partial charge >= 0.3 is 0 Å². The molecule has 0 fully saturated rings. The van der Waals surface area contributed by atoms with Crippen molar-refractivity contribution in [2.75, 3.05) is 0 Å². The first-order valence-corrected chi connectivity index (χ1v) is 25.5. The smallest absolute Gasteiger partial charge is 0.137 e. The summed E-state index contributed by atoms with van der Waals surface area (Å²) in [6.45, 7) is 17.4. The molecule has 0 spiro atoms. The Morgan fingerprint density at radius 2 is 1.08 bits per heavy atom. The first-order valence-electron chi connectivity index (χ1n) is 30.0. The molecule has 5 heteroatoms. The first kappa shape index (κ1) is 40.0. The minimum absolute atomic E-state index is 0.0688. The fourth-order valence-corrected chi connectivity index (χ4v) is 9.79. The fraction of sp³-hybridized carbons (Fsp3) is 0.275. The van der Waals surface area contributed by atoms with Crippen molar-refractivity contribution in [3.8, 4) is 67.5 Å². The van der Waals surface area contributed by atoms with Gasteiger partial charge in [0.15, 0.2) is 0 Å². The maximum absolute atomic E-state index is 8.91. The molecule has 10 rings (SSSR count). The standard InChI is InChI=1S/C69H72N4O/c1-43-30-64(70-41-61(43)48-22-19-23-52(31-48)66(4,5)6)73-62-27-24-47(46-20-17-16-18-21-46)36-60(62)59-26-25-57(39-63(59)73)74-58-35-50(65-44(2)28-53(29-45(65)3)67(7,8)9)34-56(38-58)72-42-51(40-71-72)49-32-54(68(10,11)12)37-55(33-49)69(13,14)15/h16-42H,1-15H3/i1D3,2D3,3D3. The van der Waals surface area contributed by atoms with Crippen molar-refractivity contribution < 1.29 is 17.1 Å². The maximum Gasteiger partial charge on any atom is 0.137 e. The molecule has 3 heterocycles. The summed E-state index contributed by atoms with van der Waals surface area (Å²) in [6, 6.07) is 46.8. The minimum atomic E-state index is -2.71. The van der Waals surface area contributed by atoms with Crippen LogP contribution in [0.2, 0.25) is 0 Å². The van der Waals surface area contributed by atoms with E-state index in [-0.39, 0.29) is 44.2 Å². The Hall–Kier alpha value is -7.50. The zero-order valence-electron chi connectivity index (χ0n) is 53.8. The Labute approximate surface area is 452 Å². The number of aromatic nitrogens is 4. The van der Waals surface area contributed by atoms with Gasteiger partial charge in [0, 0.05) is 58.8 Å². The van der Waals surface area contributed by atoms with Crippen LogP contribution in [-0.2, 0) is 21.7 Å². The van der Waals surface area contributed by atoms with Gasteiger partial charge in [-0.1, -0.05) is 174 Å². The number of benzene rings is 7. The Kier molecular flexibility index (Phi) is 9.97. The lowest BCUT2D eigenvalue weighted by molar-refractivity contribution is 0.483. The van der Waals surface area contributed by atoms with Gasteiger partial charge in [0.1, 0.15) is 17.3 Å². The van der Waals surface area contributed by atoms with Crippen molar-refractivity contribution in [1.29, 1.82) is 0 Å². The van der Waals surface area contributed by atoms with Crippen molar-refractivity contribution in [3.63, 3.8) is 0 Å². The molecule has 7 aromatic carbocycles. The molecule has 0 aliphatic heterocycles. The number of hydrogen-bond donors (Lipinski definition) is 0. The summed E-state index contributed by atoms with van der Waals surface area (Å²) in [7, 11) is 0. The second kappa shape index (κ2) is 18.5. The highest BCUT2D eigenvalue weighted by molar-refractivity contribution is 6.10. The van der Waals surface area contributed by atoms with Crippen LogP contribution in [0.15, 0.2) is 164 Å². The van der Waals surface area contributed by atoms with Crippen molar-refractivity contribution in [3.05, 3.63) is 203 Å². The zero-order valence-corrected chi connectivity index (χ0v) is 44.8. The summed E-state index contributed by atoms with van der Waals surface area (Å²) in [4.78, 5) is 5.05. The van der Waals surface area contributed by atoms with Crippen LogP contribution in [-0.4, -0.2) is 19.3 Å². The highest BCUT2D eigenvalue weighted by Crippen LogP contribution is 2.42. The van der Waals surface area contributed by atoms with Gasteiger partial charge in [0.05, 0.1) is 22.9 Å². The topological polar surface area (TPSA) is 44.9 Å². The van der Waals surface area contributed by atoms with Gasteiger partial charge in [-0.2, -0.15) is 5.10 Å². The van der Waals surface area contributed by atoms with E-state index < -0.39 is 26.0 Å². The third-order valence-electron chi connectivity index (χ3n) is 14.3. The van der Waals surface area contributed by atoms with Gasteiger partial charge in [0.2, 0.25) is 0 Å². The molecule has 3 aromatic heterocycles. The number of ether oxygens (including phenoxy) is 1. The second-order valence-electron chi connectivity index (χ2n) is 24.0. The van der Waals surface area contributed by atoms with E-state index in [2.05, 4.69) is 111 Å². The van der Waals surface area contributed by atoms with Crippen LogP contribution in [0.1, 0.15) is 134 Å². The number of aryl methyl sites for hydroxylation is 3. The Morgan fingerprint density at radius 3 is 1.74 bits per heavy atom. The van der Waals surface area contributed by atoms with E-state index in [1.54, 1.807) is 47.4 Å². The lowest BCUT2D eigenvalue weighted by Gasteiger charge is -2.26. The molecule has 0 saturated heterocycles. The van der Waals surface area contributed by atoms with Crippen molar-refractivity contribution >= 4 is 21.8 Å². The summed E-state index contributed by atoms with van der Waals surface area (Å²) >= 11 is 0. The normalized spacial score (nSPS) is 14.8. The molecule has 0 bridgehead atoms. The van der Waals surface area contributed by atoms with Crippen molar-refractivity contribution in [2.24, 2.45) is 0 Å². The first-order chi connectivity index (χ1) is 38.5. The molecule has 0 N–H and O–H groups in total. The predicted molar refractivity (Wildman–Crippen MR) is 313 cm³/mol. The Balaban J connectivity index is 1.19. The van der Waals surface area contributed by atoms with E-state index in [4.69, 9.17) is 27.2 Å². The monoisotopic (exact) mass is 982 g/mol. The van der Waals surface area contributed by atoms with E-state index in [1.165, 1.54) is 11.1 Å². The minimum Gasteiger partial charge on any atom is -0.457 e. The molecule has 10 aromatic rings. The molecule has 374 valence electrons. The van der Waals surface area contributed by atoms with Crippen molar-refractivity contribution in [2.45, 2.75) is 125 Å². The largest absolute Gasteiger partial charge is 0.457 e. The van der Waals surface area contributed by atoms with Gasteiger partial charge in [0.25, 0.3) is 0 Å². The van der Waals surface area contributed by atoms with Crippen molar-refractivity contribution in [1.82, 2.24) is 19.3 Å². The van der Waals surface area contributed by atoms with E-state index in [1.807, 2.05) is 98.3 Å². The van der Waals surface area contributed by atoms with E-state index in [0.717, 1.165) is 49.7 Å². The number of fused-ring (bicyclic) bond motifs is 3. The molecule has 0 aliphatic rings. The Bertz CT molecular complexity index is 4050. The van der Waals surface area contributed by atoms with E-state index in [0.29, 0.717) is 39.5 Å². The summed E-state index contributed by atoms with van der Waals surface area (Å²) in [5.74, 6) is 1.07. The second-order valence-corrected chi connectivity index (χ2v) is 24.0. The molecule has 74 heavy (non-hydrogen) atoms. The highest BCUT2D eigenvalue weighted by Gasteiger charge is 2.24. The van der Waals surface area contributed by atoms with Gasteiger partial charge in [-0.3, -0.25) is 4.57 Å². The lowest BCUT2D eigenvalue weighted by atomic mass is 9.79. The molecule has 0 amide bonds. The molecule has 0 saturated carbocycles. The Morgan fingerprint density at radius 1 is 0.432 bits per heavy atom. The van der Waals surface area contributed by atoms with Crippen LogP contribution in [0.4, 0.5) is 0 Å². The van der Waals surface area contributed by atoms with E-state index >= 15 is 0 Å². The van der Waals surface area contributed by atoms with Crippen LogP contribution < -0.4 is 4.74 Å². The highest BCUT2D eigenvalue weighted by atomic mass is 16.5. The summed E-state index contributed by atoms with van der Waals surface area (Å²) in [5, 5.41) is 6.67. The number of nitrogens with zero attached hydrogens (tertiary/aromatic N) is 4. The molecular formula is C69H72N4O. The average Bonchev–Trinajstić information content (AvgIpc) is 4.29. The van der Waals surface area contributed by atoms with Crippen LogP contribution in [0.25, 0.3) is 77.8 Å². The molecule has 0 unspecified atom stereocenters. The van der Waals surface area contributed by atoms with Gasteiger partial charge in [-0.05, 0) is 157 Å². The third kappa shape index (κ3) is 9.85. The third-order valence-corrected chi connectivity index (χ3v) is 14.3. The molecule has 0 aliphatic carbocycles. The predicted octanol–water partition coefficient (Wildman–Crippen LogP) is 18.9. The van der Waals surface area contributed by atoms with Gasteiger partial charge in [-0.25, -0.2) is 9.67 Å². The molecule has 0 radical (unpaired) electrons. The summed E-state index contributed by atoms with van der Waals surface area (Å²) < 4.78 is 90.7. The van der Waals surface area contributed by atoms with Crippen LogP contribution in [0.3, 0.4) is 0 Å². The number of rotatable bonds is 8. The van der Waals surface area contributed by atoms with Crippen LogP contribution in [0.5, 0.6) is 11.5 Å². The van der Waals surface area contributed by atoms with Gasteiger partial charge in [-0.15, -0.1) is 0 Å². The SMILES string of the molecule is [2H]C([2H])([2H])c1cc(-n2c3ccc(-c4ccccc4)cc3c3ccc(Oc4cc(-c5c(C([2H])([2H])[2H])cc(C(C)(C)C)cc5C([2H])([2H])[2H])cc(-n5cc(-c6cc(C(C)(C)C)cc(C(C)(C)C)c6)cn5)c4)cc32)ncc1-c1cccc(C(C)(C)C)c1. The number of hydrogen-bond acceptors (Lipinski definition) is 3. The maximum atomic E-state index is 8.91. The average molecular weight is 982 g/mol. The zero-order chi connectivity index (χ0) is 60.1. The molecular weight excluding hydrogens is 901 g/mol. The molecule has 0 atom stereocenters. The molecule has 5 nitrogen and oxygen atoms in total. The summed E-state index contributed by atoms with van der Waals surface area (Å²) in [6.07, 6.45) is 5.39.